The minimum Gasteiger partial charge on any atom is -0.493 e. The van der Waals surface area contributed by atoms with Gasteiger partial charge in [0, 0.05) is 23.1 Å². The number of benzene rings is 1. The fraction of sp³-hybridized carbons (Fsp3) is 0.500. The Morgan fingerprint density at radius 1 is 1.47 bits per heavy atom. The van der Waals surface area contributed by atoms with Crippen LogP contribution in [0.5, 0.6) is 5.75 Å². The zero-order chi connectivity index (χ0) is 10.8. The maximum atomic E-state index is 5.68. The molecule has 0 aromatic heterocycles. The van der Waals surface area contributed by atoms with Crippen molar-refractivity contribution in [2.75, 3.05) is 20.2 Å². The smallest absolute Gasteiger partial charge is 0.125 e. The number of ether oxygens (including phenoxy) is 1. The molecule has 0 atom stereocenters. The lowest BCUT2D eigenvalue weighted by Gasteiger charge is -2.27. The first-order valence-corrected chi connectivity index (χ1v) is 6.12. The molecule has 15 heavy (non-hydrogen) atoms. The van der Waals surface area contributed by atoms with Crippen LogP contribution in [0.25, 0.3) is 0 Å². The van der Waals surface area contributed by atoms with E-state index < -0.39 is 0 Å². The van der Waals surface area contributed by atoms with Crippen molar-refractivity contribution in [1.82, 2.24) is 4.90 Å². The van der Waals surface area contributed by atoms with Gasteiger partial charge in [0.2, 0.25) is 0 Å². The van der Waals surface area contributed by atoms with Crippen LogP contribution in [0.1, 0.15) is 18.1 Å². The van der Waals surface area contributed by atoms with Crippen molar-refractivity contribution < 1.29 is 4.74 Å². The molecule has 2 nitrogen and oxygen atoms in total. The molecule has 0 aliphatic carbocycles. The highest BCUT2D eigenvalue weighted by molar-refractivity contribution is 9.10. The van der Waals surface area contributed by atoms with Crippen LogP contribution in [-0.2, 0) is 13.0 Å². The zero-order valence-corrected chi connectivity index (χ0v) is 10.8. The fourth-order valence-corrected chi connectivity index (χ4v) is 2.50. The first kappa shape index (κ1) is 11.0. The Morgan fingerprint density at radius 2 is 2.27 bits per heavy atom. The summed E-state index contributed by atoms with van der Waals surface area (Å²) in [4.78, 5) is 2.33. The Balaban J connectivity index is 2.40. The van der Waals surface area contributed by atoms with E-state index in [9.17, 15) is 0 Å². The number of halogens is 1. The van der Waals surface area contributed by atoms with Crippen molar-refractivity contribution in [1.29, 1.82) is 0 Å². The lowest BCUT2D eigenvalue weighted by Crippen LogP contribution is -2.27. The average molecular weight is 270 g/mol. The van der Waals surface area contributed by atoms with E-state index in [1.165, 1.54) is 11.1 Å². The van der Waals surface area contributed by atoms with Gasteiger partial charge in [0.15, 0.2) is 0 Å². The molecule has 0 spiro atoms. The maximum absolute atomic E-state index is 5.68. The highest BCUT2D eigenvalue weighted by atomic mass is 79.9. The zero-order valence-electron chi connectivity index (χ0n) is 9.22. The lowest BCUT2D eigenvalue weighted by atomic mass is 9.99. The molecule has 0 N–H and O–H groups in total. The third kappa shape index (κ3) is 2.34. The molecule has 1 aromatic rings. The van der Waals surface area contributed by atoms with Gasteiger partial charge >= 0.3 is 0 Å². The Morgan fingerprint density at radius 3 is 3.00 bits per heavy atom. The molecule has 0 fully saturated rings. The molecule has 82 valence electrons. The first-order valence-electron chi connectivity index (χ1n) is 5.33. The summed E-state index contributed by atoms with van der Waals surface area (Å²) in [6, 6.07) is 4.28. The summed E-state index contributed by atoms with van der Waals surface area (Å²) in [5, 5.41) is 0. The molecule has 0 saturated carbocycles. The van der Waals surface area contributed by atoms with Gasteiger partial charge in [-0.2, -0.15) is 0 Å². The largest absolute Gasteiger partial charge is 0.493 e. The summed E-state index contributed by atoms with van der Waals surface area (Å²) < 4.78 is 6.80. The summed E-state index contributed by atoms with van der Waals surface area (Å²) in [5.74, 6) is 1.04. The number of nitrogens with zero attached hydrogens (tertiary/aromatic N) is 1. The number of fused-ring (bicyclic) bond motifs is 1. The van der Waals surface area contributed by atoms with Gasteiger partial charge in [-0.15, -0.1) is 0 Å². The second-order valence-corrected chi connectivity index (χ2v) is 4.88. The Kier molecular flexibility index (Phi) is 3.32. The molecule has 0 bridgehead atoms. The van der Waals surface area contributed by atoms with Gasteiger partial charge < -0.3 is 9.64 Å². The van der Waals surface area contributed by atoms with E-state index in [1.807, 2.05) is 6.92 Å². The molecular formula is C12H16BrNO. The van der Waals surface area contributed by atoms with Crippen LogP contribution < -0.4 is 4.74 Å². The third-order valence-electron chi connectivity index (χ3n) is 2.76. The molecule has 0 amide bonds. The molecule has 2 rings (SSSR count). The van der Waals surface area contributed by atoms with Crippen LogP contribution in [0.15, 0.2) is 16.6 Å². The highest BCUT2D eigenvalue weighted by Gasteiger charge is 2.17. The Labute approximate surface area is 99.4 Å². The maximum Gasteiger partial charge on any atom is 0.125 e. The topological polar surface area (TPSA) is 12.5 Å². The predicted molar refractivity (Wildman–Crippen MR) is 65.3 cm³/mol. The predicted octanol–water partition coefficient (Wildman–Crippen LogP) is 2.84. The van der Waals surface area contributed by atoms with Crippen molar-refractivity contribution in [2.45, 2.75) is 19.9 Å². The highest BCUT2D eigenvalue weighted by Crippen LogP contribution is 2.31. The van der Waals surface area contributed by atoms with Crippen LogP contribution in [0.4, 0.5) is 0 Å². The number of hydrogen-bond acceptors (Lipinski definition) is 2. The van der Waals surface area contributed by atoms with Crippen LogP contribution >= 0.6 is 15.9 Å². The van der Waals surface area contributed by atoms with Crippen molar-refractivity contribution >= 4 is 15.9 Å². The number of likely N-dealkylation sites (N-methyl/N-ethyl adjacent to an activating group) is 1. The molecular weight excluding hydrogens is 254 g/mol. The monoisotopic (exact) mass is 269 g/mol. The fourth-order valence-electron chi connectivity index (χ4n) is 2.01. The lowest BCUT2D eigenvalue weighted by molar-refractivity contribution is 0.289. The minimum absolute atomic E-state index is 0.729. The normalized spacial score (nSPS) is 16.2. The van der Waals surface area contributed by atoms with Gasteiger partial charge in [0.05, 0.1) is 6.61 Å². The van der Waals surface area contributed by atoms with Crippen molar-refractivity contribution in [3.05, 3.63) is 27.7 Å². The second-order valence-electron chi connectivity index (χ2n) is 3.96. The van der Waals surface area contributed by atoms with Crippen molar-refractivity contribution in [2.24, 2.45) is 0 Å². The van der Waals surface area contributed by atoms with E-state index in [-0.39, 0.29) is 0 Å². The third-order valence-corrected chi connectivity index (χ3v) is 3.21. The number of hydrogen-bond donors (Lipinski definition) is 0. The van der Waals surface area contributed by atoms with Crippen LogP contribution in [-0.4, -0.2) is 25.1 Å². The summed E-state index contributed by atoms with van der Waals surface area (Å²) >= 11 is 3.53. The van der Waals surface area contributed by atoms with Gasteiger partial charge in [0.1, 0.15) is 5.75 Å². The Bertz CT molecular complexity index is 365. The van der Waals surface area contributed by atoms with Crippen molar-refractivity contribution in [3.63, 3.8) is 0 Å². The van der Waals surface area contributed by atoms with Crippen LogP contribution in [0.3, 0.4) is 0 Å². The van der Waals surface area contributed by atoms with Crippen LogP contribution in [0.2, 0.25) is 0 Å². The number of rotatable bonds is 2. The van der Waals surface area contributed by atoms with E-state index in [1.54, 1.807) is 0 Å². The molecule has 0 saturated heterocycles. The van der Waals surface area contributed by atoms with Crippen LogP contribution in [0, 0.1) is 0 Å². The molecule has 0 radical (unpaired) electrons. The second kappa shape index (κ2) is 4.54. The molecule has 1 heterocycles. The van der Waals surface area contributed by atoms with Gasteiger partial charge in [-0.25, -0.2) is 0 Å². The van der Waals surface area contributed by atoms with Gasteiger partial charge in [-0.3, -0.25) is 0 Å². The average Bonchev–Trinajstić information content (AvgIpc) is 2.19. The minimum atomic E-state index is 0.729. The van der Waals surface area contributed by atoms with E-state index in [0.717, 1.165) is 36.3 Å². The molecule has 1 aliphatic rings. The van der Waals surface area contributed by atoms with E-state index >= 15 is 0 Å². The van der Waals surface area contributed by atoms with Crippen molar-refractivity contribution in [3.8, 4) is 5.75 Å². The molecule has 1 aromatic carbocycles. The van der Waals surface area contributed by atoms with Gasteiger partial charge in [0.25, 0.3) is 0 Å². The van der Waals surface area contributed by atoms with E-state index in [0.29, 0.717) is 0 Å². The van der Waals surface area contributed by atoms with Gasteiger partial charge in [-0.1, -0.05) is 15.9 Å². The Hall–Kier alpha value is -0.540. The molecule has 1 aliphatic heterocycles. The first-order chi connectivity index (χ1) is 7.20. The summed E-state index contributed by atoms with van der Waals surface area (Å²) in [6.45, 7) is 4.89. The standard InChI is InChI=1S/C12H16BrNO/c1-3-15-12-7-10(13)6-9-4-5-14(2)8-11(9)12/h6-7H,3-5,8H2,1-2H3. The molecule has 0 unspecified atom stereocenters. The van der Waals surface area contributed by atoms with Gasteiger partial charge in [-0.05, 0) is 38.1 Å². The quantitative estimate of drug-likeness (QED) is 0.819. The van der Waals surface area contributed by atoms with E-state index in [2.05, 4.69) is 40.0 Å². The summed E-state index contributed by atoms with van der Waals surface area (Å²) in [7, 11) is 2.15. The SMILES string of the molecule is CCOc1cc(Br)cc2c1CN(C)CC2. The summed E-state index contributed by atoms with van der Waals surface area (Å²) in [6.07, 6.45) is 1.12. The summed E-state index contributed by atoms with van der Waals surface area (Å²) in [5.41, 5.74) is 2.78. The van der Waals surface area contributed by atoms with E-state index in [4.69, 9.17) is 4.74 Å². The molecule has 3 heteroatoms.